The summed E-state index contributed by atoms with van der Waals surface area (Å²) in [7, 11) is 4.03. The molecule has 0 radical (unpaired) electrons. The van der Waals surface area contributed by atoms with Gasteiger partial charge in [-0.2, -0.15) is 0 Å². The lowest BCUT2D eigenvalue weighted by molar-refractivity contribution is 0.192. The number of amides is 2. The lowest BCUT2D eigenvalue weighted by Crippen LogP contribution is -2.38. The summed E-state index contributed by atoms with van der Waals surface area (Å²) in [6.07, 6.45) is 0. The highest BCUT2D eigenvalue weighted by molar-refractivity contribution is 5.74. The van der Waals surface area contributed by atoms with Crippen molar-refractivity contribution in [3.63, 3.8) is 0 Å². The number of rotatable bonds is 7. The van der Waals surface area contributed by atoms with E-state index in [1.54, 1.807) is 0 Å². The third-order valence-electron chi connectivity index (χ3n) is 4.62. The first-order valence-corrected chi connectivity index (χ1v) is 9.49. The van der Waals surface area contributed by atoms with Crippen LogP contribution in [0.5, 0.6) is 0 Å². The van der Waals surface area contributed by atoms with Crippen LogP contribution < -0.4 is 10.2 Å². The summed E-state index contributed by atoms with van der Waals surface area (Å²) < 4.78 is 0. The number of hydrogen-bond donors (Lipinski definition) is 1. The number of nitrogens with one attached hydrogen (secondary N) is 1. The van der Waals surface area contributed by atoms with Crippen LogP contribution in [-0.4, -0.2) is 25.0 Å². The van der Waals surface area contributed by atoms with Crippen molar-refractivity contribution in [2.24, 2.45) is 0 Å². The van der Waals surface area contributed by atoms with Gasteiger partial charge in [-0.1, -0.05) is 72.8 Å². The minimum absolute atomic E-state index is 0.0654. The van der Waals surface area contributed by atoms with Crippen LogP contribution in [0.15, 0.2) is 84.9 Å². The third-order valence-corrected chi connectivity index (χ3v) is 4.62. The highest BCUT2D eigenvalue weighted by Crippen LogP contribution is 2.13. The Labute approximate surface area is 167 Å². The molecule has 3 aromatic rings. The Morgan fingerprint density at radius 1 is 0.714 bits per heavy atom. The summed E-state index contributed by atoms with van der Waals surface area (Å²) in [5.74, 6) is 0. The zero-order valence-corrected chi connectivity index (χ0v) is 16.5. The van der Waals surface area contributed by atoms with E-state index in [4.69, 9.17) is 0 Å². The molecule has 0 unspecified atom stereocenters. The van der Waals surface area contributed by atoms with Crippen molar-refractivity contribution in [3.05, 3.63) is 102 Å². The molecule has 2 amide bonds. The van der Waals surface area contributed by atoms with Crippen LogP contribution in [0.4, 0.5) is 10.5 Å². The second kappa shape index (κ2) is 9.60. The fourth-order valence-electron chi connectivity index (χ4n) is 3.01. The predicted molar refractivity (Wildman–Crippen MR) is 115 cm³/mol. The lowest BCUT2D eigenvalue weighted by atomic mass is 10.1. The van der Waals surface area contributed by atoms with Gasteiger partial charge in [0.05, 0.1) is 0 Å². The average Bonchev–Trinajstić information content (AvgIpc) is 2.73. The van der Waals surface area contributed by atoms with Crippen molar-refractivity contribution >= 4 is 11.7 Å². The number of nitrogens with zero attached hydrogens (tertiary/aromatic N) is 2. The highest BCUT2D eigenvalue weighted by atomic mass is 16.2. The normalized spacial score (nSPS) is 10.4. The lowest BCUT2D eigenvalue weighted by Gasteiger charge is -2.23. The van der Waals surface area contributed by atoms with Gasteiger partial charge in [-0.05, 0) is 28.8 Å². The summed E-state index contributed by atoms with van der Waals surface area (Å²) in [5.41, 5.74) is 4.45. The van der Waals surface area contributed by atoms with E-state index in [9.17, 15) is 4.79 Å². The molecule has 0 heterocycles. The summed E-state index contributed by atoms with van der Waals surface area (Å²) in [4.78, 5) is 16.8. The topological polar surface area (TPSA) is 35.6 Å². The molecule has 3 rings (SSSR count). The van der Waals surface area contributed by atoms with Gasteiger partial charge < -0.3 is 15.1 Å². The van der Waals surface area contributed by atoms with E-state index in [-0.39, 0.29) is 6.03 Å². The first-order chi connectivity index (χ1) is 13.6. The van der Waals surface area contributed by atoms with E-state index in [0.29, 0.717) is 19.6 Å². The van der Waals surface area contributed by atoms with Gasteiger partial charge >= 0.3 is 6.03 Å². The third kappa shape index (κ3) is 5.61. The minimum atomic E-state index is -0.0654. The zero-order valence-electron chi connectivity index (χ0n) is 16.5. The molecule has 1 N–H and O–H groups in total. The van der Waals surface area contributed by atoms with Crippen molar-refractivity contribution in [2.75, 3.05) is 19.0 Å². The molecule has 144 valence electrons. The average molecular weight is 374 g/mol. The van der Waals surface area contributed by atoms with Crippen LogP contribution in [0.25, 0.3) is 0 Å². The minimum Gasteiger partial charge on any atom is -0.378 e. The second-order valence-electron chi connectivity index (χ2n) is 7.05. The van der Waals surface area contributed by atoms with Crippen LogP contribution >= 0.6 is 0 Å². The number of carbonyl (C=O) groups excluding carboxylic acids is 1. The highest BCUT2D eigenvalue weighted by Gasteiger charge is 2.14. The molecule has 0 saturated heterocycles. The maximum atomic E-state index is 12.9. The van der Waals surface area contributed by atoms with E-state index in [1.165, 1.54) is 0 Å². The van der Waals surface area contributed by atoms with Crippen LogP contribution in [0.3, 0.4) is 0 Å². The molecule has 28 heavy (non-hydrogen) atoms. The summed E-state index contributed by atoms with van der Waals surface area (Å²) in [6.45, 7) is 1.65. The fourth-order valence-corrected chi connectivity index (χ4v) is 3.01. The van der Waals surface area contributed by atoms with E-state index in [0.717, 1.165) is 22.4 Å². The monoisotopic (exact) mass is 373 g/mol. The first kappa shape index (κ1) is 19.5. The van der Waals surface area contributed by atoms with Gasteiger partial charge in [-0.3, -0.25) is 0 Å². The maximum Gasteiger partial charge on any atom is 0.318 e. The number of urea groups is 1. The Hall–Kier alpha value is -3.27. The molecule has 0 atom stereocenters. The molecular weight excluding hydrogens is 346 g/mol. The SMILES string of the molecule is CN(C)c1ccc(CNC(=O)N(Cc2ccccc2)Cc2ccccc2)cc1. The Bertz CT molecular complexity index is 820. The number of carbonyl (C=O) groups is 1. The Morgan fingerprint density at radius 3 is 1.68 bits per heavy atom. The van der Waals surface area contributed by atoms with Crippen molar-refractivity contribution in [1.29, 1.82) is 0 Å². The second-order valence-corrected chi connectivity index (χ2v) is 7.05. The molecule has 0 spiro atoms. The first-order valence-electron chi connectivity index (χ1n) is 9.49. The standard InChI is InChI=1S/C24H27N3O/c1-26(2)23-15-13-20(14-16-23)17-25-24(28)27(18-21-9-5-3-6-10-21)19-22-11-7-4-8-12-22/h3-16H,17-19H2,1-2H3,(H,25,28). The van der Waals surface area contributed by atoms with Crippen LogP contribution in [-0.2, 0) is 19.6 Å². The van der Waals surface area contributed by atoms with Gasteiger partial charge in [0.2, 0.25) is 0 Å². The van der Waals surface area contributed by atoms with Gasteiger partial charge in [-0.25, -0.2) is 4.79 Å². The molecule has 4 heteroatoms. The molecule has 0 bridgehead atoms. The molecule has 0 aromatic heterocycles. The van der Waals surface area contributed by atoms with Crippen molar-refractivity contribution in [2.45, 2.75) is 19.6 Å². The van der Waals surface area contributed by atoms with E-state index in [2.05, 4.69) is 22.3 Å². The molecule has 0 fully saturated rings. The van der Waals surface area contributed by atoms with Crippen molar-refractivity contribution < 1.29 is 4.79 Å². The fraction of sp³-hybridized carbons (Fsp3) is 0.208. The summed E-state index contributed by atoms with van der Waals surface area (Å²) in [5, 5.41) is 3.06. The molecule has 0 aliphatic heterocycles. The Morgan fingerprint density at radius 2 is 1.21 bits per heavy atom. The Kier molecular flexibility index (Phi) is 6.68. The van der Waals surface area contributed by atoms with Gasteiger partial charge in [0, 0.05) is 39.4 Å². The van der Waals surface area contributed by atoms with Gasteiger partial charge in [0.25, 0.3) is 0 Å². The predicted octanol–water partition coefficient (Wildman–Crippen LogP) is 4.66. The van der Waals surface area contributed by atoms with E-state index < -0.39 is 0 Å². The van der Waals surface area contributed by atoms with Crippen molar-refractivity contribution in [1.82, 2.24) is 10.2 Å². The summed E-state index contributed by atoms with van der Waals surface area (Å²) in [6, 6.07) is 28.3. The molecule has 3 aromatic carbocycles. The van der Waals surface area contributed by atoms with Crippen LogP contribution in [0, 0.1) is 0 Å². The molecule has 0 aliphatic carbocycles. The van der Waals surface area contributed by atoms with Gasteiger partial charge in [0.1, 0.15) is 0 Å². The number of hydrogen-bond acceptors (Lipinski definition) is 2. The maximum absolute atomic E-state index is 12.9. The van der Waals surface area contributed by atoms with E-state index in [1.807, 2.05) is 91.8 Å². The Balaban J connectivity index is 1.66. The van der Waals surface area contributed by atoms with E-state index >= 15 is 0 Å². The van der Waals surface area contributed by atoms with Crippen LogP contribution in [0.2, 0.25) is 0 Å². The zero-order chi connectivity index (χ0) is 19.8. The molecule has 0 aliphatic rings. The van der Waals surface area contributed by atoms with Crippen molar-refractivity contribution in [3.8, 4) is 0 Å². The van der Waals surface area contributed by atoms with Crippen LogP contribution in [0.1, 0.15) is 16.7 Å². The molecular formula is C24H27N3O. The largest absolute Gasteiger partial charge is 0.378 e. The quantitative estimate of drug-likeness (QED) is 0.653. The van der Waals surface area contributed by atoms with Gasteiger partial charge in [0.15, 0.2) is 0 Å². The molecule has 0 saturated carbocycles. The molecule has 4 nitrogen and oxygen atoms in total. The van der Waals surface area contributed by atoms with Gasteiger partial charge in [-0.15, -0.1) is 0 Å². The number of benzene rings is 3. The summed E-state index contributed by atoms with van der Waals surface area (Å²) >= 11 is 0. The smallest absolute Gasteiger partial charge is 0.318 e. The number of anilines is 1.